The van der Waals surface area contributed by atoms with Gasteiger partial charge in [-0.05, 0) is 82.6 Å². The zero-order chi connectivity index (χ0) is 26.7. The zero-order valence-electron chi connectivity index (χ0n) is 23.4. The van der Waals surface area contributed by atoms with Gasteiger partial charge < -0.3 is 14.9 Å². The number of anilines is 1. The fraction of sp³-hybridized carbons (Fsp3) is 0.645. The summed E-state index contributed by atoms with van der Waals surface area (Å²) in [5.74, 6) is 1.27. The van der Waals surface area contributed by atoms with Gasteiger partial charge in [0, 0.05) is 31.5 Å². The summed E-state index contributed by atoms with van der Waals surface area (Å²) < 4.78 is 0. The molecule has 1 aliphatic carbocycles. The van der Waals surface area contributed by atoms with E-state index in [1.807, 2.05) is 12.3 Å². The number of hydrogen-bond donors (Lipinski definition) is 1. The SMILES string of the molecule is CCCN(c1cnccn1)C1CCN(C)CC1.O=C(O)[C@@H](C1CCCCC1)N1CC[C@@H](c2ccccc2)C1. The topological polar surface area (TPSA) is 72.8 Å². The molecule has 5 rings (SSSR count). The van der Waals surface area contributed by atoms with E-state index in [1.54, 1.807) is 12.4 Å². The van der Waals surface area contributed by atoms with Gasteiger partial charge in [-0.2, -0.15) is 0 Å². The van der Waals surface area contributed by atoms with Crippen molar-refractivity contribution in [2.75, 3.05) is 44.7 Å². The summed E-state index contributed by atoms with van der Waals surface area (Å²) >= 11 is 0. The molecule has 0 radical (unpaired) electrons. The molecule has 7 heteroatoms. The summed E-state index contributed by atoms with van der Waals surface area (Å²) in [6.07, 6.45) is 15.9. The maximum absolute atomic E-state index is 11.8. The van der Waals surface area contributed by atoms with Crippen LogP contribution in [-0.4, -0.2) is 82.7 Å². The van der Waals surface area contributed by atoms with Crippen molar-refractivity contribution in [3.05, 3.63) is 54.5 Å². The Labute approximate surface area is 229 Å². The van der Waals surface area contributed by atoms with E-state index in [2.05, 4.69) is 62.9 Å². The minimum Gasteiger partial charge on any atom is -0.480 e. The highest BCUT2D eigenvalue weighted by atomic mass is 16.4. The van der Waals surface area contributed by atoms with Gasteiger partial charge in [0.2, 0.25) is 0 Å². The first-order valence-corrected chi connectivity index (χ1v) is 14.8. The third kappa shape index (κ3) is 7.76. The molecule has 0 unspecified atom stereocenters. The Balaban J connectivity index is 0.000000181. The highest BCUT2D eigenvalue weighted by Crippen LogP contribution is 2.34. The molecule has 0 spiro atoms. The maximum atomic E-state index is 11.8. The zero-order valence-corrected chi connectivity index (χ0v) is 23.4. The average Bonchev–Trinajstić information content (AvgIpc) is 3.44. The van der Waals surface area contributed by atoms with Crippen LogP contribution in [0, 0.1) is 5.92 Å². The fourth-order valence-electron chi connectivity index (χ4n) is 6.61. The molecule has 0 bridgehead atoms. The molecule has 1 N–H and O–H groups in total. The number of carboxylic acid groups (broad SMARTS) is 1. The third-order valence-electron chi connectivity index (χ3n) is 8.67. The second-order valence-electron chi connectivity index (χ2n) is 11.4. The summed E-state index contributed by atoms with van der Waals surface area (Å²) in [5.41, 5.74) is 1.35. The van der Waals surface area contributed by atoms with Crippen LogP contribution < -0.4 is 4.90 Å². The molecule has 1 aromatic carbocycles. The van der Waals surface area contributed by atoms with Crippen LogP contribution in [-0.2, 0) is 4.79 Å². The Morgan fingerprint density at radius 3 is 2.39 bits per heavy atom. The van der Waals surface area contributed by atoms with E-state index in [0.717, 1.165) is 51.1 Å². The van der Waals surface area contributed by atoms with Gasteiger partial charge in [0.05, 0.1) is 6.20 Å². The number of aliphatic carboxylic acids is 1. The molecular weight excluding hydrogens is 474 g/mol. The molecule has 2 aromatic rings. The maximum Gasteiger partial charge on any atom is 0.321 e. The van der Waals surface area contributed by atoms with Crippen LogP contribution in [0.2, 0.25) is 0 Å². The lowest BCUT2D eigenvalue weighted by molar-refractivity contribution is -0.145. The molecule has 3 fully saturated rings. The normalized spacial score (nSPS) is 22.4. The minimum absolute atomic E-state index is 0.265. The number of hydrogen-bond acceptors (Lipinski definition) is 6. The number of aromatic nitrogens is 2. The van der Waals surface area contributed by atoms with Gasteiger partial charge in [-0.3, -0.25) is 14.7 Å². The summed E-state index contributed by atoms with van der Waals surface area (Å²) in [4.78, 5) is 27.5. The number of carboxylic acids is 1. The molecule has 3 heterocycles. The summed E-state index contributed by atoms with van der Waals surface area (Å²) in [7, 11) is 2.20. The molecule has 38 heavy (non-hydrogen) atoms. The van der Waals surface area contributed by atoms with Crippen molar-refractivity contribution in [1.29, 1.82) is 0 Å². The van der Waals surface area contributed by atoms with Gasteiger partial charge in [-0.15, -0.1) is 0 Å². The van der Waals surface area contributed by atoms with Crippen molar-refractivity contribution in [2.45, 2.75) is 82.7 Å². The van der Waals surface area contributed by atoms with E-state index in [4.69, 9.17) is 0 Å². The first-order valence-electron chi connectivity index (χ1n) is 14.8. The predicted octanol–water partition coefficient (Wildman–Crippen LogP) is 5.30. The summed E-state index contributed by atoms with van der Waals surface area (Å²) in [6, 6.07) is 10.9. The molecule has 1 aromatic heterocycles. The monoisotopic (exact) mass is 521 g/mol. The average molecular weight is 522 g/mol. The Hall–Kier alpha value is -2.51. The molecule has 2 saturated heterocycles. The third-order valence-corrected chi connectivity index (χ3v) is 8.67. The van der Waals surface area contributed by atoms with Gasteiger partial charge in [0.1, 0.15) is 11.9 Å². The molecule has 3 aliphatic rings. The van der Waals surface area contributed by atoms with Crippen molar-refractivity contribution in [2.24, 2.45) is 5.92 Å². The Bertz CT molecular complexity index is 945. The van der Waals surface area contributed by atoms with Crippen LogP contribution in [0.3, 0.4) is 0 Å². The van der Waals surface area contributed by atoms with Gasteiger partial charge in [0.15, 0.2) is 0 Å². The number of benzene rings is 1. The molecular formula is C31H47N5O2. The molecule has 7 nitrogen and oxygen atoms in total. The number of rotatable bonds is 8. The van der Waals surface area contributed by atoms with Crippen molar-refractivity contribution < 1.29 is 9.90 Å². The van der Waals surface area contributed by atoms with E-state index in [0.29, 0.717) is 17.9 Å². The second-order valence-corrected chi connectivity index (χ2v) is 11.4. The Kier molecular flexibility index (Phi) is 10.9. The van der Waals surface area contributed by atoms with E-state index >= 15 is 0 Å². The fourth-order valence-corrected chi connectivity index (χ4v) is 6.61. The van der Waals surface area contributed by atoms with Crippen molar-refractivity contribution in [3.8, 4) is 0 Å². The van der Waals surface area contributed by atoms with Crippen LogP contribution in [0.1, 0.15) is 76.2 Å². The predicted molar refractivity (Wildman–Crippen MR) is 154 cm³/mol. The Morgan fingerprint density at radius 2 is 1.76 bits per heavy atom. The largest absolute Gasteiger partial charge is 0.480 e. The van der Waals surface area contributed by atoms with Crippen LogP contribution in [0.25, 0.3) is 0 Å². The minimum atomic E-state index is -0.615. The highest BCUT2D eigenvalue weighted by Gasteiger charge is 2.38. The van der Waals surface area contributed by atoms with E-state index in [-0.39, 0.29) is 6.04 Å². The number of carbonyl (C=O) groups is 1. The van der Waals surface area contributed by atoms with E-state index < -0.39 is 5.97 Å². The van der Waals surface area contributed by atoms with Gasteiger partial charge in [-0.1, -0.05) is 56.5 Å². The standard InChI is InChI=1S/C18H25NO2.C13H22N4/c20-18(21)17(15-9-5-2-6-10-15)19-12-11-16(13-19)14-7-3-1-4-8-14;1-3-8-17(13-11-14-6-7-15-13)12-4-9-16(2)10-5-12/h1,3-4,7-8,15-17H,2,5-6,9-13H2,(H,20,21);6-7,11-12H,3-5,8-10H2,1-2H3/t16-,17-;/m1./s1. The first kappa shape index (κ1) is 28.5. The number of likely N-dealkylation sites (tertiary alicyclic amines) is 2. The van der Waals surface area contributed by atoms with Crippen LogP contribution in [0.15, 0.2) is 48.9 Å². The number of nitrogens with zero attached hydrogens (tertiary/aromatic N) is 5. The molecule has 208 valence electrons. The van der Waals surface area contributed by atoms with Crippen LogP contribution in [0.5, 0.6) is 0 Å². The molecule has 0 amide bonds. The van der Waals surface area contributed by atoms with Gasteiger partial charge in [0.25, 0.3) is 0 Å². The van der Waals surface area contributed by atoms with Crippen molar-refractivity contribution in [1.82, 2.24) is 19.8 Å². The lowest BCUT2D eigenvalue weighted by atomic mass is 9.83. The lowest BCUT2D eigenvalue weighted by Crippen LogP contribution is -2.45. The van der Waals surface area contributed by atoms with Crippen LogP contribution in [0.4, 0.5) is 5.82 Å². The highest BCUT2D eigenvalue weighted by molar-refractivity contribution is 5.74. The second kappa shape index (κ2) is 14.6. The van der Waals surface area contributed by atoms with Crippen molar-refractivity contribution >= 4 is 11.8 Å². The first-order chi connectivity index (χ1) is 18.6. The number of piperidine rings is 1. The van der Waals surface area contributed by atoms with E-state index in [9.17, 15) is 9.90 Å². The Morgan fingerprint density at radius 1 is 1.03 bits per heavy atom. The smallest absolute Gasteiger partial charge is 0.321 e. The molecule has 1 saturated carbocycles. The summed E-state index contributed by atoms with van der Waals surface area (Å²) in [6.45, 7) is 7.49. The quantitative estimate of drug-likeness (QED) is 0.506. The van der Waals surface area contributed by atoms with Gasteiger partial charge >= 0.3 is 5.97 Å². The summed E-state index contributed by atoms with van der Waals surface area (Å²) in [5, 5.41) is 9.70. The molecule has 2 aliphatic heterocycles. The van der Waals surface area contributed by atoms with Crippen LogP contribution >= 0.6 is 0 Å². The van der Waals surface area contributed by atoms with E-state index in [1.165, 1.54) is 50.8 Å². The molecule has 2 atom stereocenters. The van der Waals surface area contributed by atoms with Crippen molar-refractivity contribution in [3.63, 3.8) is 0 Å². The lowest BCUT2D eigenvalue weighted by Gasteiger charge is -2.37. The van der Waals surface area contributed by atoms with Gasteiger partial charge in [-0.25, -0.2) is 4.98 Å².